The number of benzene rings is 1. The Morgan fingerprint density at radius 1 is 1.33 bits per heavy atom. The van der Waals surface area contributed by atoms with Crippen LogP contribution in [0.3, 0.4) is 0 Å². The van der Waals surface area contributed by atoms with E-state index in [1.807, 2.05) is 36.4 Å². The van der Waals surface area contributed by atoms with Gasteiger partial charge in [-0.1, -0.05) is 30.3 Å². The molecule has 0 unspecified atom stereocenters. The summed E-state index contributed by atoms with van der Waals surface area (Å²) in [6, 6.07) is 11.0. The molecule has 3 heterocycles. The molecule has 2 aliphatic rings. The number of amides is 1. The minimum atomic E-state index is -1.08. The van der Waals surface area contributed by atoms with Crippen molar-refractivity contribution in [2.24, 2.45) is 4.99 Å². The van der Waals surface area contributed by atoms with Crippen LogP contribution in [0.15, 0.2) is 41.4 Å². The van der Waals surface area contributed by atoms with E-state index in [2.05, 4.69) is 15.6 Å². The lowest BCUT2D eigenvalue weighted by atomic mass is 9.91. The summed E-state index contributed by atoms with van der Waals surface area (Å²) in [6.07, 6.45) is 1.02. The highest BCUT2D eigenvalue weighted by atomic mass is 16.3. The summed E-state index contributed by atoms with van der Waals surface area (Å²) < 4.78 is 0. The molecule has 6 heteroatoms. The van der Waals surface area contributed by atoms with Crippen LogP contribution in [0.4, 0.5) is 0 Å². The predicted octanol–water partition coefficient (Wildman–Crippen LogP) is 1.66. The van der Waals surface area contributed by atoms with Crippen molar-refractivity contribution in [3.63, 3.8) is 0 Å². The Labute approximate surface area is 158 Å². The van der Waals surface area contributed by atoms with E-state index < -0.39 is 11.6 Å². The minimum Gasteiger partial charge on any atom is -0.388 e. The third-order valence-electron chi connectivity index (χ3n) is 5.01. The summed E-state index contributed by atoms with van der Waals surface area (Å²) >= 11 is 0. The molecular weight excluding hydrogens is 340 g/mol. The van der Waals surface area contributed by atoms with Gasteiger partial charge in [-0.15, -0.1) is 0 Å². The van der Waals surface area contributed by atoms with Gasteiger partial charge in [-0.25, -0.2) is 0 Å². The van der Waals surface area contributed by atoms with Crippen molar-refractivity contribution in [3.05, 3.63) is 64.5 Å². The van der Waals surface area contributed by atoms with Crippen molar-refractivity contribution in [3.8, 4) is 0 Å². The summed E-state index contributed by atoms with van der Waals surface area (Å²) in [5.41, 5.74) is 3.81. The summed E-state index contributed by atoms with van der Waals surface area (Å²) in [6.45, 7) is 4.87. The molecule has 0 radical (unpaired) electrons. The van der Waals surface area contributed by atoms with Crippen molar-refractivity contribution < 1.29 is 9.90 Å². The van der Waals surface area contributed by atoms with Crippen LogP contribution < -0.4 is 10.6 Å². The molecule has 2 aromatic rings. The molecule has 0 fully saturated rings. The fourth-order valence-electron chi connectivity index (χ4n) is 3.78. The number of nitrogens with one attached hydrogen (secondary N) is 2. The second-order valence-corrected chi connectivity index (χ2v) is 7.68. The zero-order valence-electron chi connectivity index (χ0n) is 15.6. The average molecular weight is 364 g/mol. The van der Waals surface area contributed by atoms with Crippen molar-refractivity contribution in [1.29, 1.82) is 0 Å². The number of hydrogen-bond donors (Lipinski definition) is 3. The Morgan fingerprint density at radius 2 is 2.11 bits per heavy atom. The summed E-state index contributed by atoms with van der Waals surface area (Å²) in [7, 11) is 0. The number of aliphatic hydroxyl groups is 1. The largest absolute Gasteiger partial charge is 0.388 e. The molecule has 1 amide bonds. The van der Waals surface area contributed by atoms with Gasteiger partial charge in [0.25, 0.3) is 0 Å². The molecule has 27 heavy (non-hydrogen) atoms. The van der Waals surface area contributed by atoms with Gasteiger partial charge in [0.2, 0.25) is 5.91 Å². The van der Waals surface area contributed by atoms with Gasteiger partial charge in [-0.05, 0) is 31.0 Å². The molecule has 0 aliphatic carbocycles. The van der Waals surface area contributed by atoms with Gasteiger partial charge in [-0.3, -0.25) is 14.8 Å². The van der Waals surface area contributed by atoms with Gasteiger partial charge < -0.3 is 15.7 Å². The van der Waals surface area contributed by atoms with Gasteiger partial charge in [0.05, 0.1) is 36.0 Å². The molecule has 0 saturated heterocycles. The average Bonchev–Trinajstić information content (AvgIpc) is 3.04. The number of carbonyl (C=O) groups excluding carboxylic acids is 1. The van der Waals surface area contributed by atoms with Crippen molar-refractivity contribution in [2.75, 3.05) is 6.54 Å². The standard InChI is InChI=1S/C21H24N4O2/c1-21(2,27)19(13-6-4-3-5-7-13)25-17(26)11-15-10-14-12-23-20-18(14)16(24-15)8-9-22-20/h3-7,10,19,27H,8-9,11-12H2,1-2H3,(H,22,23)(H,25,26)/t19-/m0/s1. The third kappa shape index (κ3) is 3.57. The molecule has 6 nitrogen and oxygen atoms in total. The topological polar surface area (TPSA) is 86.6 Å². The maximum Gasteiger partial charge on any atom is 0.226 e. The summed E-state index contributed by atoms with van der Waals surface area (Å²) in [5, 5.41) is 16.8. The van der Waals surface area contributed by atoms with E-state index in [1.165, 1.54) is 0 Å². The Balaban J connectivity index is 1.53. The second-order valence-electron chi connectivity index (χ2n) is 7.68. The lowest BCUT2D eigenvalue weighted by molar-refractivity contribution is -0.123. The van der Waals surface area contributed by atoms with Crippen molar-refractivity contribution in [2.45, 2.75) is 44.9 Å². The van der Waals surface area contributed by atoms with Crippen molar-refractivity contribution in [1.82, 2.24) is 15.6 Å². The number of pyridine rings is 1. The Hall–Kier alpha value is -2.73. The zero-order valence-corrected chi connectivity index (χ0v) is 15.6. The first kappa shape index (κ1) is 17.7. The van der Waals surface area contributed by atoms with E-state index in [4.69, 9.17) is 4.98 Å². The number of hydrogen-bond acceptors (Lipinski definition) is 5. The van der Waals surface area contributed by atoms with Crippen LogP contribution in [0.5, 0.6) is 0 Å². The second kappa shape index (κ2) is 6.78. The highest BCUT2D eigenvalue weighted by Crippen LogP contribution is 2.27. The molecule has 140 valence electrons. The number of aliphatic imine (C=N–C) groups is 1. The number of rotatable bonds is 5. The van der Waals surface area contributed by atoms with E-state index in [-0.39, 0.29) is 12.3 Å². The van der Waals surface area contributed by atoms with E-state index in [1.54, 1.807) is 13.8 Å². The van der Waals surface area contributed by atoms with Gasteiger partial charge in [0.15, 0.2) is 0 Å². The van der Waals surface area contributed by atoms with Gasteiger partial charge >= 0.3 is 0 Å². The molecule has 2 aliphatic heterocycles. The molecule has 1 aromatic carbocycles. The number of carbonyl (C=O) groups is 1. The Bertz CT molecular complexity index is 900. The molecular formula is C21H24N4O2. The zero-order chi connectivity index (χ0) is 19.0. The fraction of sp³-hybridized carbons (Fsp3) is 0.381. The maximum atomic E-state index is 12.7. The first-order valence-electron chi connectivity index (χ1n) is 9.29. The van der Waals surface area contributed by atoms with Crippen LogP contribution in [-0.2, 0) is 24.2 Å². The fourth-order valence-corrected chi connectivity index (χ4v) is 3.78. The van der Waals surface area contributed by atoms with Crippen molar-refractivity contribution >= 4 is 11.7 Å². The maximum absolute atomic E-state index is 12.7. The number of aromatic nitrogens is 1. The van der Waals surface area contributed by atoms with Gasteiger partial charge in [0.1, 0.15) is 5.84 Å². The molecule has 0 spiro atoms. The molecule has 1 aromatic heterocycles. The van der Waals surface area contributed by atoms with Crippen LogP contribution in [0.2, 0.25) is 0 Å². The first-order chi connectivity index (χ1) is 12.9. The lowest BCUT2D eigenvalue weighted by Crippen LogP contribution is -2.42. The lowest BCUT2D eigenvalue weighted by Gasteiger charge is -2.30. The van der Waals surface area contributed by atoms with Crippen LogP contribution in [0.1, 0.15) is 48.0 Å². The van der Waals surface area contributed by atoms with E-state index >= 15 is 0 Å². The van der Waals surface area contributed by atoms with Crippen LogP contribution in [0.25, 0.3) is 0 Å². The van der Waals surface area contributed by atoms with E-state index in [0.29, 0.717) is 6.54 Å². The minimum absolute atomic E-state index is 0.154. The summed E-state index contributed by atoms with van der Waals surface area (Å²) in [4.78, 5) is 21.9. The smallest absolute Gasteiger partial charge is 0.226 e. The number of amidine groups is 1. The Morgan fingerprint density at radius 3 is 2.85 bits per heavy atom. The first-order valence-corrected chi connectivity index (χ1v) is 9.29. The molecule has 0 saturated carbocycles. The molecule has 4 rings (SSSR count). The third-order valence-corrected chi connectivity index (χ3v) is 5.01. The van der Waals surface area contributed by atoms with Crippen LogP contribution in [0, 0.1) is 0 Å². The van der Waals surface area contributed by atoms with E-state index in [9.17, 15) is 9.90 Å². The normalized spacial score (nSPS) is 16.2. The molecule has 1 atom stereocenters. The SMILES string of the molecule is CC(C)(O)[C@@H](NC(=O)Cc1cc2c3c(n1)CCNC3=NC2)c1ccccc1. The highest BCUT2D eigenvalue weighted by Gasteiger charge is 2.30. The molecule has 0 bridgehead atoms. The van der Waals surface area contributed by atoms with Gasteiger partial charge in [-0.2, -0.15) is 0 Å². The summed E-state index contributed by atoms with van der Waals surface area (Å²) in [5.74, 6) is 0.777. The molecule has 3 N–H and O–H groups in total. The quantitative estimate of drug-likeness (QED) is 0.753. The van der Waals surface area contributed by atoms with E-state index in [0.717, 1.165) is 46.9 Å². The predicted molar refractivity (Wildman–Crippen MR) is 104 cm³/mol. The Kier molecular flexibility index (Phi) is 4.44. The number of nitrogens with zero attached hydrogens (tertiary/aromatic N) is 2. The highest BCUT2D eigenvalue weighted by molar-refractivity contribution is 6.03. The van der Waals surface area contributed by atoms with Crippen LogP contribution >= 0.6 is 0 Å². The van der Waals surface area contributed by atoms with Crippen LogP contribution in [-0.4, -0.2) is 34.0 Å². The van der Waals surface area contributed by atoms with Gasteiger partial charge in [0, 0.05) is 18.5 Å². The monoisotopic (exact) mass is 364 g/mol.